The van der Waals surface area contributed by atoms with Gasteiger partial charge in [-0.25, -0.2) is 4.68 Å². The molecule has 0 spiro atoms. The van der Waals surface area contributed by atoms with E-state index < -0.39 is 0 Å². The zero-order valence-electron chi connectivity index (χ0n) is 20.0. The van der Waals surface area contributed by atoms with E-state index in [1.54, 1.807) is 0 Å². The maximum Gasteiger partial charge on any atom is 0.257 e. The zero-order valence-corrected chi connectivity index (χ0v) is 20.0. The van der Waals surface area contributed by atoms with Crippen molar-refractivity contribution in [2.75, 3.05) is 39.3 Å². The first-order valence-corrected chi connectivity index (χ1v) is 12.1. The van der Waals surface area contributed by atoms with Crippen LogP contribution >= 0.6 is 0 Å². The summed E-state index contributed by atoms with van der Waals surface area (Å²) in [6.07, 6.45) is 1.87. The predicted molar refractivity (Wildman–Crippen MR) is 138 cm³/mol. The molecular weight excluding hydrogens is 436 g/mol. The molecule has 3 aromatic carbocycles. The van der Waals surface area contributed by atoms with Crippen LogP contribution in [0.15, 0.2) is 91.1 Å². The van der Waals surface area contributed by atoms with Crippen LogP contribution in [0.2, 0.25) is 0 Å². The molecule has 0 radical (unpaired) electrons. The van der Waals surface area contributed by atoms with E-state index in [4.69, 9.17) is 9.84 Å². The number of para-hydroxylation sites is 2. The number of nitrogens with zero attached hydrogens (tertiary/aromatic N) is 4. The minimum absolute atomic E-state index is 0.0330. The molecule has 1 fully saturated rings. The largest absolute Gasteiger partial charge is 0.492 e. The van der Waals surface area contributed by atoms with Gasteiger partial charge in [0.2, 0.25) is 0 Å². The van der Waals surface area contributed by atoms with Crippen LogP contribution in [0.25, 0.3) is 16.9 Å². The molecule has 1 aliphatic rings. The van der Waals surface area contributed by atoms with Crippen LogP contribution in [0.5, 0.6) is 5.75 Å². The number of ether oxygens (including phenoxy) is 1. The van der Waals surface area contributed by atoms with Crippen LogP contribution in [0.3, 0.4) is 0 Å². The van der Waals surface area contributed by atoms with Crippen LogP contribution in [0.1, 0.15) is 15.9 Å². The second kappa shape index (κ2) is 10.6. The Bertz CT molecular complexity index is 1260. The monoisotopic (exact) mass is 466 g/mol. The highest BCUT2D eigenvalue weighted by Gasteiger charge is 2.27. The molecule has 2 heterocycles. The highest BCUT2D eigenvalue weighted by molar-refractivity contribution is 6.00. The molecule has 0 saturated carbocycles. The first-order chi connectivity index (χ1) is 17.2. The predicted octanol–water partition coefficient (Wildman–Crippen LogP) is 4.68. The maximum atomic E-state index is 13.7. The Morgan fingerprint density at radius 2 is 1.51 bits per heavy atom. The average molecular weight is 467 g/mol. The molecule has 0 N–H and O–H groups in total. The van der Waals surface area contributed by atoms with Gasteiger partial charge < -0.3 is 9.64 Å². The van der Waals surface area contributed by atoms with Gasteiger partial charge in [-0.3, -0.25) is 9.69 Å². The molecule has 178 valence electrons. The molecule has 1 aliphatic heterocycles. The van der Waals surface area contributed by atoms with Gasteiger partial charge in [0.15, 0.2) is 0 Å². The molecule has 1 amide bonds. The number of piperazine rings is 1. The Balaban J connectivity index is 1.29. The van der Waals surface area contributed by atoms with E-state index >= 15 is 0 Å². The third kappa shape index (κ3) is 5.28. The van der Waals surface area contributed by atoms with Crippen molar-refractivity contribution in [2.45, 2.75) is 6.92 Å². The molecule has 6 heteroatoms. The van der Waals surface area contributed by atoms with Crippen LogP contribution in [0.4, 0.5) is 0 Å². The summed E-state index contributed by atoms with van der Waals surface area (Å²) in [5.74, 6) is 0.922. The van der Waals surface area contributed by atoms with Crippen LogP contribution in [0, 0.1) is 6.92 Å². The van der Waals surface area contributed by atoms with Gasteiger partial charge >= 0.3 is 0 Å². The topological polar surface area (TPSA) is 50.6 Å². The van der Waals surface area contributed by atoms with Gasteiger partial charge in [0, 0.05) is 44.5 Å². The van der Waals surface area contributed by atoms with Crippen LogP contribution < -0.4 is 4.74 Å². The Morgan fingerprint density at radius 3 is 2.23 bits per heavy atom. The van der Waals surface area contributed by atoms with Crippen molar-refractivity contribution >= 4 is 5.91 Å². The summed E-state index contributed by atoms with van der Waals surface area (Å²) < 4.78 is 7.65. The van der Waals surface area contributed by atoms with Gasteiger partial charge in [-0.15, -0.1) is 0 Å². The lowest BCUT2D eigenvalue weighted by molar-refractivity contribution is 0.0621. The Morgan fingerprint density at radius 1 is 0.857 bits per heavy atom. The first kappa shape index (κ1) is 22.9. The molecule has 5 rings (SSSR count). The summed E-state index contributed by atoms with van der Waals surface area (Å²) in [6, 6.07) is 27.9. The minimum atomic E-state index is 0.0330. The highest BCUT2D eigenvalue weighted by atomic mass is 16.5. The van der Waals surface area contributed by atoms with E-state index in [-0.39, 0.29) is 5.91 Å². The summed E-state index contributed by atoms with van der Waals surface area (Å²) in [7, 11) is 0. The van der Waals surface area contributed by atoms with Crippen molar-refractivity contribution in [3.8, 4) is 22.7 Å². The van der Waals surface area contributed by atoms with Crippen molar-refractivity contribution in [2.24, 2.45) is 0 Å². The molecule has 6 nitrogen and oxygen atoms in total. The number of aryl methyl sites for hydroxylation is 1. The number of benzene rings is 3. The Labute approximate surface area is 206 Å². The molecule has 4 aromatic rings. The number of carbonyl (C=O) groups is 1. The third-order valence-electron chi connectivity index (χ3n) is 6.44. The minimum Gasteiger partial charge on any atom is -0.492 e. The van der Waals surface area contributed by atoms with Crippen molar-refractivity contribution in [3.63, 3.8) is 0 Å². The highest BCUT2D eigenvalue weighted by Crippen LogP contribution is 2.28. The fourth-order valence-electron chi connectivity index (χ4n) is 4.44. The SMILES string of the molecule is Cc1ccccc1-c1nn(-c2ccccc2)cc1C(=O)N1CCN(CCOc2ccccc2)CC1. The lowest BCUT2D eigenvalue weighted by atomic mass is 10.0. The molecule has 35 heavy (non-hydrogen) atoms. The van der Waals surface area contributed by atoms with Crippen LogP contribution in [-0.2, 0) is 0 Å². The normalized spacial score (nSPS) is 14.1. The standard InChI is InChI=1S/C29H30N4O2/c1-23-10-8-9-15-26(23)28-27(22-33(30-28)24-11-4-2-5-12-24)29(34)32-18-16-31(17-19-32)20-21-35-25-13-6-3-7-14-25/h2-15,22H,16-21H2,1H3. The number of amides is 1. The van der Waals surface area contributed by atoms with Gasteiger partial charge in [0.25, 0.3) is 5.91 Å². The van der Waals surface area contributed by atoms with Crippen LogP contribution in [-0.4, -0.2) is 64.8 Å². The van der Waals surface area contributed by atoms with E-state index in [0.29, 0.717) is 25.3 Å². The lowest BCUT2D eigenvalue weighted by Gasteiger charge is -2.34. The molecule has 0 bridgehead atoms. The summed E-state index contributed by atoms with van der Waals surface area (Å²) in [5.41, 5.74) is 4.40. The van der Waals surface area contributed by atoms with E-state index in [0.717, 1.165) is 47.9 Å². The molecular formula is C29H30N4O2. The first-order valence-electron chi connectivity index (χ1n) is 12.1. The van der Waals surface area contributed by atoms with Gasteiger partial charge in [0.1, 0.15) is 18.1 Å². The smallest absolute Gasteiger partial charge is 0.257 e. The van der Waals surface area contributed by atoms with E-state index in [9.17, 15) is 4.79 Å². The fourth-order valence-corrected chi connectivity index (χ4v) is 4.44. The van der Waals surface area contributed by atoms with Crippen molar-refractivity contribution in [3.05, 3.63) is 102 Å². The van der Waals surface area contributed by atoms with Gasteiger partial charge in [0.05, 0.1) is 11.3 Å². The second-order valence-electron chi connectivity index (χ2n) is 8.78. The van der Waals surface area contributed by atoms with E-state index in [1.807, 2.05) is 94.6 Å². The summed E-state index contributed by atoms with van der Waals surface area (Å²) in [5, 5.41) is 4.85. The quantitative estimate of drug-likeness (QED) is 0.397. The molecule has 1 aromatic heterocycles. The van der Waals surface area contributed by atoms with Crippen molar-refractivity contribution in [1.82, 2.24) is 19.6 Å². The summed E-state index contributed by atoms with van der Waals surface area (Å²) >= 11 is 0. The zero-order chi connectivity index (χ0) is 24.0. The number of hydrogen-bond donors (Lipinski definition) is 0. The van der Waals surface area contributed by atoms with E-state index in [1.165, 1.54) is 0 Å². The average Bonchev–Trinajstić information content (AvgIpc) is 3.35. The molecule has 0 atom stereocenters. The molecule has 1 saturated heterocycles. The Hall–Kier alpha value is -3.90. The second-order valence-corrected chi connectivity index (χ2v) is 8.78. The Kier molecular flexibility index (Phi) is 6.91. The van der Waals surface area contributed by atoms with Crippen molar-refractivity contribution < 1.29 is 9.53 Å². The van der Waals surface area contributed by atoms with Gasteiger partial charge in [-0.1, -0.05) is 60.7 Å². The number of hydrogen-bond acceptors (Lipinski definition) is 4. The lowest BCUT2D eigenvalue weighted by Crippen LogP contribution is -2.49. The molecule has 0 aliphatic carbocycles. The van der Waals surface area contributed by atoms with Gasteiger partial charge in [-0.2, -0.15) is 5.10 Å². The fraction of sp³-hybridized carbons (Fsp3) is 0.241. The summed E-state index contributed by atoms with van der Waals surface area (Å²) in [4.78, 5) is 18.0. The summed E-state index contributed by atoms with van der Waals surface area (Å²) in [6.45, 7) is 6.58. The van der Waals surface area contributed by atoms with Gasteiger partial charge in [-0.05, 0) is 36.8 Å². The number of carbonyl (C=O) groups excluding carboxylic acids is 1. The van der Waals surface area contributed by atoms with Crippen molar-refractivity contribution in [1.29, 1.82) is 0 Å². The van der Waals surface area contributed by atoms with E-state index in [2.05, 4.69) is 17.9 Å². The third-order valence-corrected chi connectivity index (χ3v) is 6.44. The molecule has 0 unspecified atom stereocenters. The number of aromatic nitrogens is 2. The number of rotatable bonds is 7. The maximum absolute atomic E-state index is 13.7.